The molecule has 2 aromatic carbocycles. The Morgan fingerprint density at radius 3 is 2.32 bits per heavy atom. The number of methoxy groups -OCH3 is 1. The second-order valence-corrected chi connectivity index (χ2v) is 7.17. The van der Waals surface area contributed by atoms with Crippen molar-refractivity contribution in [3.63, 3.8) is 0 Å². The Morgan fingerprint density at radius 2 is 1.65 bits per heavy atom. The molecule has 0 radical (unpaired) electrons. The van der Waals surface area contributed by atoms with E-state index in [0.717, 1.165) is 28.1 Å². The average Bonchev–Trinajstić information content (AvgIpc) is 2.81. The molecule has 2 aromatic heterocycles. The number of rotatable bonds is 5. The van der Waals surface area contributed by atoms with E-state index >= 15 is 0 Å². The Bertz CT molecular complexity index is 1220. The lowest BCUT2D eigenvalue weighted by atomic mass is 10.1. The van der Waals surface area contributed by atoms with Gasteiger partial charge < -0.3 is 10.1 Å². The number of hydrogen-bond acceptors (Lipinski definition) is 5. The van der Waals surface area contributed by atoms with Crippen molar-refractivity contribution in [1.29, 1.82) is 0 Å². The minimum atomic E-state index is -0.267. The number of nitrogens with zero attached hydrogens (tertiary/aromatic N) is 3. The zero-order valence-corrected chi connectivity index (χ0v) is 17.6. The second-order valence-electron chi connectivity index (χ2n) is 7.17. The summed E-state index contributed by atoms with van der Waals surface area (Å²) in [6.45, 7) is 4.05. The van der Waals surface area contributed by atoms with Gasteiger partial charge in [0.1, 0.15) is 5.75 Å². The predicted octanol–water partition coefficient (Wildman–Crippen LogP) is 5.08. The van der Waals surface area contributed by atoms with Crippen molar-refractivity contribution >= 4 is 11.6 Å². The van der Waals surface area contributed by atoms with Gasteiger partial charge in [-0.2, -0.15) is 0 Å². The van der Waals surface area contributed by atoms with Gasteiger partial charge in [-0.1, -0.05) is 6.07 Å². The molecule has 1 amide bonds. The van der Waals surface area contributed by atoms with Crippen LogP contribution in [-0.2, 0) is 0 Å². The van der Waals surface area contributed by atoms with Crippen LogP contribution in [0.25, 0.3) is 22.6 Å². The molecule has 0 aliphatic heterocycles. The van der Waals surface area contributed by atoms with Crippen LogP contribution in [0.2, 0.25) is 0 Å². The molecule has 0 atom stereocenters. The Labute approximate surface area is 181 Å². The van der Waals surface area contributed by atoms with Crippen LogP contribution in [0.15, 0.2) is 73.2 Å². The summed E-state index contributed by atoms with van der Waals surface area (Å²) in [4.78, 5) is 26.4. The molecular formula is C25H22N4O2. The molecule has 31 heavy (non-hydrogen) atoms. The van der Waals surface area contributed by atoms with Gasteiger partial charge in [0.25, 0.3) is 5.91 Å². The largest absolute Gasteiger partial charge is 0.497 e. The SMILES string of the molecule is COc1ccc(-c2ncc(C(=O)Nc3ccc(C)c(C)c3)c(-c3ccncc3)n2)cc1. The van der Waals surface area contributed by atoms with Crippen LogP contribution in [0.5, 0.6) is 5.75 Å². The van der Waals surface area contributed by atoms with Gasteiger partial charge in [-0.05, 0) is 73.5 Å². The number of benzene rings is 2. The van der Waals surface area contributed by atoms with E-state index in [4.69, 9.17) is 9.72 Å². The molecule has 4 rings (SSSR count). The third-order valence-electron chi connectivity index (χ3n) is 5.10. The number of aryl methyl sites for hydroxylation is 2. The maximum absolute atomic E-state index is 13.1. The molecular weight excluding hydrogens is 388 g/mol. The maximum atomic E-state index is 13.1. The van der Waals surface area contributed by atoms with Crippen molar-refractivity contribution in [2.24, 2.45) is 0 Å². The fourth-order valence-corrected chi connectivity index (χ4v) is 3.17. The van der Waals surface area contributed by atoms with Gasteiger partial charge in [0.2, 0.25) is 0 Å². The molecule has 0 unspecified atom stereocenters. The Balaban J connectivity index is 1.74. The fraction of sp³-hybridized carbons (Fsp3) is 0.120. The van der Waals surface area contributed by atoms with Gasteiger partial charge in [0.15, 0.2) is 5.82 Å². The summed E-state index contributed by atoms with van der Waals surface area (Å²) in [6.07, 6.45) is 4.92. The molecule has 6 nitrogen and oxygen atoms in total. The summed E-state index contributed by atoms with van der Waals surface area (Å²) in [5.74, 6) is 1.01. The first-order valence-electron chi connectivity index (χ1n) is 9.85. The quantitative estimate of drug-likeness (QED) is 0.496. The standard InChI is InChI=1S/C25H22N4O2/c1-16-4-7-20(14-17(16)2)28-25(30)22-15-27-24(19-5-8-21(31-3)9-6-19)29-23(22)18-10-12-26-13-11-18/h4-15H,1-3H3,(H,28,30). The average molecular weight is 410 g/mol. The molecule has 6 heteroatoms. The highest BCUT2D eigenvalue weighted by Gasteiger charge is 2.17. The van der Waals surface area contributed by atoms with Crippen LogP contribution >= 0.6 is 0 Å². The van der Waals surface area contributed by atoms with Crippen molar-refractivity contribution < 1.29 is 9.53 Å². The summed E-state index contributed by atoms with van der Waals surface area (Å²) in [5.41, 5.74) is 5.56. The molecule has 4 aromatic rings. The lowest BCUT2D eigenvalue weighted by Gasteiger charge is -2.12. The Kier molecular flexibility index (Phi) is 5.71. The van der Waals surface area contributed by atoms with Gasteiger partial charge in [-0.3, -0.25) is 9.78 Å². The van der Waals surface area contributed by atoms with Crippen LogP contribution in [0, 0.1) is 13.8 Å². The van der Waals surface area contributed by atoms with E-state index in [-0.39, 0.29) is 5.91 Å². The molecule has 2 heterocycles. The normalized spacial score (nSPS) is 10.5. The van der Waals surface area contributed by atoms with Crippen LogP contribution < -0.4 is 10.1 Å². The number of anilines is 1. The molecule has 0 saturated carbocycles. The highest BCUT2D eigenvalue weighted by atomic mass is 16.5. The third-order valence-corrected chi connectivity index (χ3v) is 5.10. The number of amides is 1. The highest BCUT2D eigenvalue weighted by Crippen LogP contribution is 2.26. The third kappa shape index (κ3) is 4.43. The smallest absolute Gasteiger partial charge is 0.259 e. The first-order valence-corrected chi connectivity index (χ1v) is 9.85. The summed E-state index contributed by atoms with van der Waals surface area (Å²) >= 11 is 0. The van der Waals surface area contributed by atoms with Crippen LogP contribution in [-0.4, -0.2) is 28.0 Å². The maximum Gasteiger partial charge on any atom is 0.259 e. The lowest BCUT2D eigenvalue weighted by molar-refractivity contribution is 0.102. The Hall–Kier alpha value is -4.06. The number of hydrogen-bond donors (Lipinski definition) is 1. The molecule has 0 spiro atoms. The van der Waals surface area contributed by atoms with E-state index in [1.807, 2.05) is 68.4 Å². The van der Waals surface area contributed by atoms with Crippen LogP contribution in [0.4, 0.5) is 5.69 Å². The topological polar surface area (TPSA) is 77.0 Å². The van der Waals surface area contributed by atoms with E-state index in [0.29, 0.717) is 17.1 Å². The summed E-state index contributed by atoms with van der Waals surface area (Å²) in [7, 11) is 1.62. The minimum Gasteiger partial charge on any atom is -0.497 e. The van der Waals surface area contributed by atoms with Gasteiger partial charge in [-0.25, -0.2) is 9.97 Å². The second kappa shape index (κ2) is 8.75. The summed E-state index contributed by atoms with van der Waals surface area (Å²) in [6, 6.07) is 17.0. The van der Waals surface area contributed by atoms with E-state index in [1.165, 1.54) is 5.56 Å². The van der Waals surface area contributed by atoms with Crippen molar-refractivity contribution in [3.8, 4) is 28.4 Å². The number of aromatic nitrogens is 3. The zero-order chi connectivity index (χ0) is 21.8. The van der Waals surface area contributed by atoms with Gasteiger partial charge >= 0.3 is 0 Å². The highest BCUT2D eigenvalue weighted by molar-refractivity contribution is 6.08. The number of pyridine rings is 1. The van der Waals surface area contributed by atoms with Crippen molar-refractivity contribution in [2.75, 3.05) is 12.4 Å². The zero-order valence-electron chi connectivity index (χ0n) is 17.6. The van der Waals surface area contributed by atoms with Crippen molar-refractivity contribution in [3.05, 3.63) is 89.9 Å². The van der Waals surface area contributed by atoms with Crippen LogP contribution in [0.3, 0.4) is 0 Å². The van der Waals surface area contributed by atoms with E-state index in [1.54, 1.807) is 25.7 Å². The van der Waals surface area contributed by atoms with E-state index < -0.39 is 0 Å². The molecule has 1 N–H and O–H groups in total. The van der Waals surface area contributed by atoms with Crippen molar-refractivity contribution in [2.45, 2.75) is 13.8 Å². The molecule has 154 valence electrons. The minimum absolute atomic E-state index is 0.267. The molecule has 0 bridgehead atoms. The summed E-state index contributed by atoms with van der Waals surface area (Å²) < 4.78 is 5.22. The van der Waals surface area contributed by atoms with E-state index in [2.05, 4.69) is 15.3 Å². The van der Waals surface area contributed by atoms with Crippen LogP contribution in [0.1, 0.15) is 21.5 Å². The predicted molar refractivity (Wildman–Crippen MR) is 121 cm³/mol. The van der Waals surface area contributed by atoms with Gasteiger partial charge in [0, 0.05) is 35.4 Å². The summed E-state index contributed by atoms with van der Waals surface area (Å²) in [5, 5.41) is 2.96. The fourth-order valence-electron chi connectivity index (χ4n) is 3.17. The lowest BCUT2D eigenvalue weighted by Crippen LogP contribution is -2.15. The first kappa shape index (κ1) is 20.2. The Morgan fingerprint density at radius 1 is 0.903 bits per heavy atom. The van der Waals surface area contributed by atoms with E-state index in [9.17, 15) is 4.79 Å². The molecule has 0 aliphatic carbocycles. The number of carbonyl (C=O) groups is 1. The number of ether oxygens (including phenoxy) is 1. The van der Waals surface area contributed by atoms with Crippen molar-refractivity contribution in [1.82, 2.24) is 15.0 Å². The number of carbonyl (C=O) groups excluding carboxylic acids is 1. The molecule has 0 saturated heterocycles. The van der Waals surface area contributed by atoms with Gasteiger partial charge in [0.05, 0.1) is 18.4 Å². The molecule has 0 fully saturated rings. The monoisotopic (exact) mass is 410 g/mol. The number of nitrogens with one attached hydrogen (secondary N) is 1. The first-order chi connectivity index (χ1) is 15.0. The van der Waals surface area contributed by atoms with Gasteiger partial charge in [-0.15, -0.1) is 0 Å². The molecule has 0 aliphatic rings.